The first-order chi connectivity index (χ1) is 11.0. The summed E-state index contributed by atoms with van der Waals surface area (Å²) in [5.41, 5.74) is 5.45. The number of esters is 1. The average molecular weight is 314 g/mol. The van der Waals surface area contributed by atoms with Gasteiger partial charge in [0.1, 0.15) is 6.10 Å². The van der Waals surface area contributed by atoms with Crippen LogP contribution in [0.5, 0.6) is 0 Å². The van der Waals surface area contributed by atoms with Crippen LogP contribution in [0.4, 0.5) is 0 Å². The molecule has 2 nitrogen and oxygen atoms in total. The van der Waals surface area contributed by atoms with Crippen molar-refractivity contribution in [2.75, 3.05) is 0 Å². The predicted octanol–water partition coefficient (Wildman–Crippen LogP) is 5.19. The molecule has 1 unspecified atom stereocenters. The SMILES string of the molecule is CC(=O)O[C@H]1CC[C@H]2C3=CCC4=C(CCC(C)C4)[C@H]3CC[C@]12C. The maximum absolute atomic E-state index is 11.5. The molecular formula is C21H30O2. The molecule has 0 bridgehead atoms. The van der Waals surface area contributed by atoms with Gasteiger partial charge in [0.2, 0.25) is 0 Å². The van der Waals surface area contributed by atoms with Crippen molar-refractivity contribution in [3.63, 3.8) is 0 Å². The van der Waals surface area contributed by atoms with Gasteiger partial charge in [-0.25, -0.2) is 0 Å². The summed E-state index contributed by atoms with van der Waals surface area (Å²) in [6.45, 7) is 6.34. The monoisotopic (exact) mass is 314 g/mol. The zero-order chi connectivity index (χ0) is 16.2. The Morgan fingerprint density at radius 3 is 2.87 bits per heavy atom. The first kappa shape index (κ1) is 15.5. The summed E-state index contributed by atoms with van der Waals surface area (Å²) >= 11 is 0. The Kier molecular flexibility index (Phi) is 3.70. The lowest BCUT2D eigenvalue weighted by atomic mass is 9.58. The van der Waals surface area contributed by atoms with Gasteiger partial charge in [-0.3, -0.25) is 4.79 Å². The molecule has 126 valence electrons. The third-order valence-electron chi connectivity index (χ3n) is 7.29. The van der Waals surface area contributed by atoms with Gasteiger partial charge in [0, 0.05) is 18.3 Å². The molecule has 0 aromatic heterocycles. The number of carbonyl (C=O) groups excluding carboxylic acids is 1. The van der Waals surface area contributed by atoms with E-state index in [1.54, 1.807) is 23.6 Å². The zero-order valence-electron chi connectivity index (χ0n) is 14.9. The minimum atomic E-state index is -0.108. The van der Waals surface area contributed by atoms with E-state index in [1.165, 1.54) is 44.9 Å². The Labute approximate surface area is 140 Å². The number of ether oxygens (including phenoxy) is 1. The molecule has 4 aliphatic carbocycles. The van der Waals surface area contributed by atoms with Gasteiger partial charge in [0.15, 0.2) is 0 Å². The molecule has 0 aromatic rings. The van der Waals surface area contributed by atoms with Crippen molar-refractivity contribution in [3.8, 4) is 0 Å². The highest BCUT2D eigenvalue weighted by molar-refractivity contribution is 5.66. The van der Waals surface area contributed by atoms with E-state index in [0.717, 1.165) is 18.3 Å². The Morgan fingerprint density at radius 2 is 2.09 bits per heavy atom. The molecule has 0 aliphatic heterocycles. The second-order valence-electron chi connectivity index (χ2n) is 8.71. The summed E-state index contributed by atoms with van der Waals surface area (Å²) in [7, 11) is 0. The molecule has 23 heavy (non-hydrogen) atoms. The quantitative estimate of drug-likeness (QED) is 0.492. The predicted molar refractivity (Wildman–Crippen MR) is 91.9 cm³/mol. The minimum absolute atomic E-state index is 0.108. The topological polar surface area (TPSA) is 26.3 Å². The molecule has 0 saturated heterocycles. The molecule has 2 fully saturated rings. The van der Waals surface area contributed by atoms with Gasteiger partial charge in [-0.05, 0) is 63.2 Å². The van der Waals surface area contributed by atoms with E-state index >= 15 is 0 Å². The molecule has 0 aromatic carbocycles. The van der Waals surface area contributed by atoms with Gasteiger partial charge in [0.25, 0.3) is 0 Å². The van der Waals surface area contributed by atoms with Crippen LogP contribution in [0.25, 0.3) is 0 Å². The molecule has 0 radical (unpaired) electrons. The smallest absolute Gasteiger partial charge is 0.302 e. The molecular weight excluding hydrogens is 284 g/mol. The highest BCUT2D eigenvalue weighted by atomic mass is 16.5. The molecule has 0 heterocycles. The number of hydrogen-bond acceptors (Lipinski definition) is 2. The number of fused-ring (bicyclic) bond motifs is 4. The van der Waals surface area contributed by atoms with Crippen LogP contribution < -0.4 is 0 Å². The molecule has 4 rings (SSSR count). The lowest BCUT2D eigenvalue weighted by Gasteiger charge is -2.48. The van der Waals surface area contributed by atoms with Gasteiger partial charge in [-0.1, -0.05) is 36.6 Å². The molecule has 2 saturated carbocycles. The van der Waals surface area contributed by atoms with Gasteiger partial charge in [-0.15, -0.1) is 0 Å². The molecule has 0 N–H and O–H groups in total. The van der Waals surface area contributed by atoms with E-state index in [9.17, 15) is 4.79 Å². The minimum Gasteiger partial charge on any atom is -0.462 e. The average Bonchev–Trinajstić information content (AvgIpc) is 2.83. The Hall–Kier alpha value is -1.05. The fourth-order valence-electron chi connectivity index (χ4n) is 6.11. The van der Waals surface area contributed by atoms with E-state index in [-0.39, 0.29) is 17.5 Å². The maximum Gasteiger partial charge on any atom is 0.302 e. The fourth-order valence-corrected chi connectivity index (χ4v) is 6.11. The van der Waals surface area contributed by atoms with Crippen molar-refractivity contribution in [3.05, 3.63) is 22.8 Å². The van der Waals surface area contributed by atoms with Gasteiger partial charge in [-0.2, -0.15) is 0 Å². The lowest BCUT2D eigenvalue weighted by Crippen LogP contribution is -2.42. The normalized spacial score (nSPS) is 42.5. The molecule has 2 heteroatoms. The van der Waals surface area contributed by atoms with Crippen LogP contribution in [-0.2, 0) is 9.53 Å². The highest BCUT2D eigenvalue weighted by Gasteiger charge is 2.54. The van der Waals surface area contributed by atoms with Crippen molar-refractivity contribution in [2.24, 2.45) is 23.2 Å². The van der Waals surface area contributed by atoms with Crippen LogP contribution in [-0.4, -0.2) is 12.1 Å². The van der Waals surface area contributed by atoms with Crippen molar-refractivity contribution in [1.29, 1.82) is 0 Å². The molecule has 0 spiro atoms. The van der Waals surface area contributed by atoms with Crippen LogP contribution in [0.1, 0.15) is 72.1 Å². The molecule has 4 aliphatic rings. The Morgan fingerprint density at radius 1 is 1.26 bits per heavy atom. The first-order valence-corrected chi connectivity index (χ1v) is 9.57. The standard InChI is InChI=1S/C21H30O2/c1-13-4-6-16-15(12-13)5-7-18-17(16)10-11-21(3)19(18)8-9-20(21)23-14(2)22/h7,13,17,19-20H,4-6,8-12H2,1-3H3/t13?,17-,19+,20+,21+/m1/s1. The number of allylic oxidation sites excluding steroid dienone is 4. The summed E-state index contributed by atoms with van der Waals surface area (Å²) in [5.74, 6) is 2.12. The van der Waals surface area contributed by atoms with E-state index < -0.39 is 0 Å². The molecule has 0 amide bonds. The van der Waals surface area contributed by atoms with Crippen molar-refractivity contribution >= 4 is 5.97 Å². The van der Waals surface area contributed by atoms with E-state index in [4.69, 9.17) is 4.74 Å². The van der Waals surface area contributed by atoms with E-state index in [2.05, 4.69) is 19.9 Å². The first-order valence-electron chi connectivity index (χ1n) is 9.57. The van der Waals surface area contributed by atoms with Crippen LogP contribution in [0.15, 0.2) is 22.8 Å². The highest BCUT2D eigenvalue weighted by Crippen LogP contribution is 2.60. The second kappa shape index (κ2) is 5.50. The fraction of sp³-hybridized carbons (Fsp3) is 0.762. The van der Waals surface area contributed by atoms with Crippen LogP contribution >= 0.6 is 0 Å². The van der Waals surface area contributed by atoms with Crippen molar-refractivity contribution in [1.82, 2.24) is 0 Å². The number of hydrogen-bond donors (Lipinski definition) is 0. The van der Waals surface area contributed by atoms with Gasteiger partial charge >= 0.3 is 5.97 Å². The summed E-state index contributed by atoms with van der Waals surface area (Å²) in [6.07, 6.45) is 12.7. The lowest BCUT2D eigenvalue weighted by molar-refractivity contribution is -0.152. The summed E-state index contributed by atoms with van der Waals surface area (Å²) in [4.78, 5) is 11.5. The van der Waals surface area contributed by atoms with Crippen molar-refractivity contribution in [2.45, 2.75) is 78.2 Å². The van der Waals surface area contributed by atoms with Gasteiger partial charge in [0.05, 0.1) is 0 Å². The third-order valence-corrected chi connectivity index (χ3v) is 7.29. The maximum atomic E-state index is 11.5. The van der Waals surface area contributed by atoms with Crippen LogP contribution in [0, 0.1) is 23.2 Å². The van der Waals surface area contributed by atoms with Gasteiger partial charge < -0.3 is 4.74 Å². The Bertz CT molecular complexity index is 585. The second-order valence-corrected chi connectivity index (χ2v) is 8.71. The zero-order valence-corrected chi connectivity index (χ0v) is 14.9. The van der Waals surface area contributed by atoms with Crippen LogP contribution in [0.3, 0.4) is 0 Å². The number of carbonyl (C=O) groups is 1. The summed E-state index contributed by atoms with van der Waals surface area (Å²) in [6, 6.07) is 0. The van der Waals surface area contributed by atoms with Crippen LogP contribution in [0.2, 0.25) is 0 Å². The van der Waals surface area contributed by atoms with Crippen molar-refractivity contribution < 1.29 is 9.53 Å². The number of rotatable bonds is 1. The largest absolute Gasteiger partial charge is 0.462 e. The van der Waals surface area contributed by atoms with E-state index in [1.807, 2.05) is 0 Å². The third kappa shape index (κ3) is 2.40. The summed E-state index contributed by atoms with van der Waals surface area (Å²) in [5, 5.41) is 0. The molecule has 5 atom stereocenters. The summed E-state index contributed by atoms with van der Waals surface area (Å²) < 4.78 is 5.71. The Balaban J connectivity index is 1.60. The van der Waals surface area contributed by atoms with E-state index in [0.29, 0.717) is 5.92 Å².